The van der Waals surface area contributed by atoms with E-state index in [0.29, 0.717) is 13.1 Å². The second-order valence-electron chi connectivity index (χ2n) is 5.83. The molecule has 5 nitrogen and oxygen atoms in total. The van der Waals surface area contributed by atoms with Crippen molar-refractivity contribution in [1.29, 1.82) is 0 Å². The van der Waals surface area contributed by atoms with Gasteiger partial charge in [-0.3, -0.25) is 4.79 Å². The Morgan fingerprint density at radius 3 is 2.96 bits per heavy atom. The lowest BCUT2D eigenvalue weighted by atomic mass is 10.1. The fraction of sp³-hybridized carbons (Fsp3) is 0.412. The van der Waals surface area contributed by atoms with E-state index in [-0.39, 0.29) is 17.8 Å². The summed E-state index contributed by atoms with van der Waals surface area (Å²) in [6.07, 6.45) is 2.60. The topological polar surface area (TPSA) is 57.3 Å². The van der Waals surface area contributed by atoms with Crippen molar-refractivity contribution in [3.05, 3.63) is 46.2 Å². The van der Waals surface area contributed by atoms with Crippen molar-refractivity contribution in [2.45, 2.75) is 19.4 Å². The van der Waals surface area contributed by atoms with Crippen LogP contribution in [0.2, 0.25) is 0 Å². The molecule has 0 bridgehead atoms. The molecule has 24 heavy (non-hydrogen) atoms. The van der Waals surface area contributed by atoms with Crippen LogP contribution in [-0.4, -0.2) is 43.1 Å². The van der Waals surface area contributed by atoms with Gasteiger partial charge in [0, 0.05) is 49.4 Å². The molecule has 2 aromatic rings. The molecule has 2 N–H and O–H groups in total. The highest BCUT2D eigenvalue weighted by Crippen LogP contribution is 2.16. The van der Waals surface area contributed by atoms with Crippen LogP contribution in [0.1, 0.15) is 9.88 Å². The summed E-state index contributed by atoms with van der Waals surface area (Å²) < 4.78 is 13.0. The summed E-state index contributed by atoms with van der Waals surface area (Å²) in [4.78, 5) is 19.9. The third-order valence-electron chi connectivity index (χ3n) is 3.99. The molecule has 1 atom stereocenters. The molecule has 1 fully saturated rings. The second-order valence-corrected chi connectivity index (χ2v) is 7.15. The van der Waals surface area contributed by atoms with Crippen molar-refractivity contribution < 1.29 is 9.18 Å². The zero-order valence-corrected chi connectivity index (χ0v) is 14.4. The first-order valence-electron chi connectivity index (χ1n) is 8.05. The zero-order chi connectivity index (χ0) is 16.9. The van der Waals surface area contributed by atoms with Crippen molar-refractivity contribution in [3.63, 3.8) is 0 Å². The molecule has 1 saturated heterocycles. The number of nitrogens with one attached hydrogen (secondary N) is 2. The summed E-state index contributed by atoms with van der Waals surface area (Å²) in [6.45, 7) is 4.71. The second kappa shape index (κ2) is 7.72. The average molecular weight is 348 g/mol. The van der Waals surface area contributed by atoms with Gasteiger partial charge in [0.2, 0.25) is 5.91 Å². The molecule has 2 heterocycles. The van der Waals surface area contributed by atoms with Crippen LogP contribution in [-0.2, 0) is 11.2 Å². The van der Waals surface area contributed by atoms with Gasteiger partial charge in [-0.25, -0.2) is 9.37 Å². The van der Waals surface area contributed by atoms with E-state index in [2.05, 4.69) is 20.5 Å². The van der Waals surface area contributed by atoms with Crippen LogP contribution < -0.4 is 15.5 Å². The van der Waals surface area contributed by atoms with Gasteiger partial charge in [0.05, 0.1) is 5.01 Å². The Bertz CT molecular complexity index is 688. The minimum absolute atomic E-state index is 0.00455. The third-order valence-corrected chi connectivity index (χ3v) is 4.96. The highest BCUT2D eigenvalue weighted by Gasteiger charge is 2.25. The number of aromatic nitrogens is 1. The minimum Gasteiger partial charge on any atom is -0.368 e. The van der Waals surface area contributed by atoms with Crippen molar-refractivity contribution in [1.82, 2.24) is 15.6 Å². The molecule has 0 spiro atoms. The maximum atomic E-state index is 13.0. The number of anilines is 1. The van der Waals surface area contributed by atoms with Gasteiger partial charge in [-0.2, -0.15) is 0 Å². The van der Waals surface area contributed by atoms with Crippen LogP contribution in [0.3, 0.4) is 0 Å². The Morgan fingerprint density at radius 2 is 2.25 bits per heavy atom. The number of hydrogen-bond acceptors (Lipinski definition) is 5. The average Bonchev–Trinajstić information content (AvgIpc) is 3.01. The number of halogens is 1. The molecule has 0 radical (unpaired) electrons. The molecule has 3 rings (SSSR count). The molecule has 0 unspecified atom stereocenters. The number of aryl methyl sites for hydroxylation is 1. The van der Waals surface area contributed by atoms with Gasteiger partial charge >= 0.3 is 0 Å². The largest absolute Gasteiger partial charge is 0.368 e. The van der Waals surface area contributed by atoms with Crippen LogP contribution in [0, 0.1) is 12.7 Å². The van der Waals surface area contributed by atoms with Gasteiger partial charge < -0.3 is 15.5 Å². The number of carbonyl (C=O) groups is 1. The summed E-state index contributed by atoms with van der Waals surface area (Å²) in [5.74, 6) is -0.254. The molecule has 1 aliphatic heterocycles. The lowest BCUT2D eigenvalue weighted by Crippen LogP contribution is -2.57. The highest BCUT2D eigenvalue weighted by atomic mass is 32.1. The molecule has 0 saturated carbocycles. The molecular weight excluding hydrogens is 327 g/mol. The first-order valence-corrected chi connectivity index (χ1v) is 8.86. The van der Waals surface area contributed by atoms with E-state index in [1.807, 2.05) is 13.1 Å². The molecule has 1 aromatic carbocycles. The van der Waals surface area contributed by atoms with E-state index in [0.717, 1.165) is 30.2 Å². The van der Waals surface area contributed by atoms with E-state index in [4.69, 9.17) is 0 Å². The predicted octanol–water partition coefficient (Wildman–Crippen LogP) is 1.73. The maximum absolute atomic E-state index is 13.0. The number of rotatable bonds is 5. The lowest BCUT2D eigenvalue weighted by molar-refractivity contribution is -0.123. The van der Waals surface area contributed by atoms with Crippen LogP contribution in [0.25, 0.3) is 0 Å². The Hall–Kier alpha value is -1.99. The Balaban J connectivity index is 1.50. The smallest absolute Gasteiger partial charge is 0.238 e. The first-order chi connectivity index (χ1) is 11.6. The Morgan fingerprint density at radius 1 is 1.46 bits per heavy atom. The number of carbonyl (C=O) groups excluding carboxylic acids is 1. The summed E-state index contributed by atoms with van der Waals surface area (Å²) in [5, 5.41) is 7.25. The number of nitrogens with zero attached hydrogens (tertiary/aromatic N) is 2. The molecule has 1 amide bonds. The van der Waals surface area contributed by atoms with Gasteiger partial charge in [0.25, 0.3) is 0 Å². The molecule has 0 aliphatic carbocycles. The van der Waals surface area contributed by atoms with Crippen molar-refractivity contribution in [3.8, 4) is 0 Å². The minimum atomic E-state index is -0.262. The lowest BCUT2D eigenvalue weighted by Gasteiger charge is -2.34. The Kier molecular flexibility index (Phi) is 5.42. The van der Waals surface area contributed by atoms with E-state index in [1.54, 1.807) is 23.5 Å². The molecule has 1 aromatic heterocycles. The van der Waals surface area contributed by atoms with Crippen molar-refractivity contribution in [2.24, 2.45) is 0 Å². The van der Waals surface area contributed by atoms with Gasteiger partial charge in [0.15, 0.2) is 0 Å². The normalized spacial score (nSPS) is 17.8. The number of thiazole rings is 1. The van der Waals surface area contributed by atoms with E-state index in [1.165, 1.54) is 17.0 Å². The van der Waals surface area contributed by atoms with Crippen LogP contribution in [0.15, 0.2) is 30.5 Å². The van der Waals surface area contributed by atoms with Gasteiger partial charge in [-0.05, 0) is 31.2 Å². The fourth-order valence-electron chi connectivity index (χ4n) is 2.74. The van der Waals surface area contributed by atoms with Gasteiger partial charge in [0.1, 0.15) is 11.9 Å². The van der Waals surface area contributed by atoms with Gasteiger partial charge in [-0.15, -0.1) is 11.3 Å². The number of hydrogen-bond donors (Lipinski definition) is 2. The number of piperazine rings is 1. The van der Waals surface area contributed by atoms with E-state index in [9.17, 15) is 9.18 Å². The number of benzene rings is 1. The standard InChI is InChI=1S/C17H21FN4OS/c1-12-10-21-16(24-12)6-7-20-17(23)15-11-22(9-8-19-15)14-4-2-13(18)3-5-14/h2-5,10,15,19H,6-9,11H2,1H3,(H,20,23)/t15-/m1/s1. The molecule has 1 aliphatic rings. The SMILES string of the molecule is Cc1cnc(CCNC(=O)[C@H]2CN(c3ccc(F)cc3)CCN2)s1. The monoisotopic (exact) mass is 348 g/mol. The summed E-state index contributed by atoms with van der Waals surface area (Å²) in [5.41, 5.74) is 0.939. The predicted molar refractivity (Wildman–Crippen MR) is 94.0 cm³/mol. The highest BCUT2D eigenvalue weighted by molar-refractivity contribution is 7.11. The fourth-order valence-corrected chi connectivity index (χ4v) is 3.53. The molecule has 128 valence electrons. The molecular formula is C17H21FN4OS. The summed E-state index contributed by atoms with van der Waals surface area (Å²) in [7, 11) is 0. The summed E-state index contributed by atoms with van der Waals surface area (Å²) in [6, 6.07) is 6.13. The summed E-state index contributed by atoms with van der Waals surface area (Å²) >= 11 is 1.66. The van der Waals surface area contributed by atoms with E-state index >= 15 is 0 Å². The quantitative estimate of drug-likeness (QED) is 0.864. The van der Waals surface area contributed by atoms with Crippen LogP contribution in [0.4, 0.5) is 10.1 Å². The first kappa shape index (κ1) is 16.9. The Labute approximate surface area is 144 Å². The third kappa shape index (κ3) is 4.30. The van der Waals surface area contributed by atoms with E-state index < -0.39 is 0 Å². The van der Waals surface area contributed by atoms with Crippen molar-refractivity contribution in [2.75, 3.05) is 31.1 Å². The van der Waals surface area contributed by atoms with Crippen LogP contribution >= 0.6 is 11.3 Å². The zero-order valence-electron chi connectivity index (χ0n) is 13.6. The maximum Gasteiger partial charge on any atom is 0.238 e. The van der Waals surface area contributed by atoms with Crippen LogP contribution in [0.5, 0.6) is 0 Å². The van der Waals surface area contributed by atoms with Gasteiger partial charge in [-0.1, -0.05) is 0 Å². The molecule has 7 heteroatoms. The van der Waals surface area contributed by atoms with Crippen molar-refractivity contribution >= 4 is 22.9 Å². The number of amides is 1.